The summed E-state index contributed by atoms with van der Waals surface area (Å²) >= 11 is 12.9. The predicted octanol–water partition coefficient (Wildman–Crippen LogP) is 6.33. The summed E-state index contributed by atoms with van der Waals surface area (Å²) in [5, 5.41) is 10.7. The molecule has 1 saturated heterocycles. The lowest BCUT2D eigenvalue weighted by atomic mass is 9.81. The molecule has 0 unspecified atom stereocenters. The lowest BCUT2D eigenvalue weighted by Gasteiger charge is -2.35. The number of amides is 2. The Labute approximate surface area is 262 Å². The summed E-state index contributed by atoms with van der Waals surface area (Å²) < 4.78 is 11.6. The van der Waals surface area contributed by atoms with Crippen molar-refractivity contribution in [1.82, 2.24) is 9.80 Å². The zero-order chi connectivity index (χ0) is 29.1. The number of carbonyl (C=O) groups excluding carboxylic acids is 2. The number of carboxylic acid groups (broad SMARTS) is 1. The molecule has 0 spiro atoms. The third-order valence-electron chi connectivity index (χ3n) is 8.73. The maximum Gasteiger partial charge on any atom is 0.306 e. The molecule has 228 valence electrons. The number of hydrogen-bond donors (Lipinski definition) is 1. The van der Waals surface area contributed by atoms with Gasteiger partial charge < -0.3 is 14.6 Å². The third kappa shape index (κ3) is 7.16. The van der Waals surface area contributed by atoms with Crippen LogP contribution in [0.15, 0.2) is 30.3 Å². The molecule has 2 aromatic carbocycles. The van der Waals surface area contributed by atoms with E-state index in [9.17, 15) is 19.5 Å². The van der Waals surface area contributed by atoms with Crippen LogP contribution in [0.1, 0.15) is 67.7 Å². The SMILES string of the molecule is COc1cc(CN(C[C@H]2CC[C@H](C(=O)O)CC2)[C@H]2CCc3c2ccc(Cl)c3Cl)ccc1OCCN1C(=O)CCC1=O.Cl. The fourth-order valence-electron chi connectivity index (χ4n) is 6.50. The first-order valence-electron chi connectivity index (χ1n) is 14.3. The van der Waals surface area contributed by atoms with E-state index in [-0.39, 0.29) is 62.2 Å². The van der Waals surface area contributed by atoms with E-state index in [1.165, 1.54) is 10.5 Å². The molecule has 1 saturated carbocycles. The Morgan fingerprint density at radius 2 is 1.71 bits per heavy atom. The van der Waals surface area contributed by atoms with E-state index in [1.807, 2.05) is 24.3 Å². The number of fused-ring (bicyclic) bond motifs is 1. The van der Waals surface area contributed by atoms with Gasteiger partial charge in [-0.1, -0.05) is 35.3 Å². The Balaban J connectivity index is 0.00000405. The number of likely N-dealkylation sites (tertiary alicyclic amines) is 1. The summed E-state index contributed by atoms with van der Waals surface area (Å²) in [4.78, 5) is 39.0. The van der Waals surface area contributed by atoms with Crippen molar-refractivity contribution in [1.29, 1.82) is 0 Å². The van der Waals surface area contributed by atoms with Crippen LogP contribution in [0.3, 0.4) is 0 Å². The number of imide groups is 1. The van der Waals surface area contributed by atoms with Crippen molar-refractivity contribution in [2.75, 3.05) is 26.8 Å². The summed E-state index contributed by atoms with van der Waals surface area (Å²) in [6.45, 7) is 1.94. The predicted molar refractivity (Wildman–Crippen MR) is 163 cm³/mol. The second-order valence-corrected chi connectivity index (χ2v) is 12.0. The van der Waals surface area contributed by atoms with Crippen LogP contribution in [0.25, 0.3) is 0 Å². The number of nitrogens with zero attached hydrogens (tertiary/aromatic N) is 2. The number of hydrogen-bond acceptors (Lipinski definition) is 6. The minimum Gasteiger partial charge on any atom is -0.493 e. The molecule has 3 aliphatic rings. The van der Waals surface area contributed by atoms with Crippen molar-refractivity contribution in [3.63, 3.8) is 0 Å². The van der Waals surface area contributed by atoms with Crippen LogP contribution in [0, 0.1) is 11.8 Å². The number of carboxylic acids is 1. The second kappa shape index (κ2) is 14.3. The van der Waals surface area contributed by atoms with E-state index in [2.05, 4.69) is 11.0 Å². The maximum atomic E-state index is 11.9. The van der Waals surface area contributed by atoms with Crippen LogP contribution in [0.2, 0.25) is 10.0 Å². The molecule has 2 aliphatic carbocycles. The molecular weight excluding hydrogens is 603 g/mol. The molecule has 1 atom stereocenters. The minimum absolute atomic E-state index is 0. The van der Waals surface area contributed by atoms with E-state index in [4.69, 9.17) is 32.7 Å². The number of halogens is 3. The molecule has 1 aliphatic heterocycles. The van der Waals surface area contributed by atoms with Crippen molar-refractivity contribution in [2.24, 2.45) is 11.8 Å². The largest absolute Gasteiger partial charge is 0.493 e. The molecule has 8 nitrogen and oxygen atoms in total. The molecule has 5 rings (SSSR count). The Kier molecular flexibility index (Phi) is 11.0. The zero-order valence-electron chi connectivity index (χ0n) is 23.7. The maximum absolute atomic E-state index is 11.9. The van der Waals surface area contributed by atoms with E-state index in [0.29, 0.717) is 46.8 Å². The highest BCUT2D eigenvalue weighted by atomic mass is 35.5. The van der Waals surface area contributed by atoms with Gasteiger partial charge in [0.15, 0.2) is 11.5 Å². The first-order chi connectivity index (χ1) is 19.7. The van der Waals surface area contributed by atoms with Gasteiger partial charge in [0.25, 0.3) is 0 Å². The van der Waals surface area contributed by atoms with Crippen LogP contribution in [0.4, 0.5) is 0 Å². The Bertz CT molecular complexity index is 1300. The highest BCUT2D eigenvalue weighted by molar-refractivity contribution is 6.42. The lowest BCUT2D eigenvalue weighted by molar-refractivity contribution is -0.143. The Hall–Kier alpha value is -2.52. The molecule has 2 fully saturated rings. The topological polar surface area (TPSA) is 96.4 Å². The van der Waals surface area contributed by atoms with Crippen LogP contribution in [0.5, 0.6) is 11.5 Å². The number of benzene rings is 2. The molecule has 2 amide bonds. The van der Waals surface area contributed by atoms with Gasteiger partial charge in [-0.3, -0.25) is 24.2 Å². The molecule has 0 aromatic heterocycles. The second-order valence-electron chi connectivity index (χ2n) is 11.2. The van der Waals surface area contributed by atoms with Gasteiger partial charge in [0, 0.05) is 32.0 Å². The van der Waals surface area contributed by atoms with E-state index >= 15 is 0 Å². The molecule has 0 radical (unpaired) electrons. The Morgan fingerprint density at radius 3 is 2.38 bits per heavy atom. The number of ether oxygens (including phenoxy) is 2. The van der Waals surface area contributed by atoms with Crippen LogP contribution < -0.4 is 9.47 Å². The molecule has 0 bridgehead atoms. The average Bonchev–Trinajstić information content (AvgIpc) is 3.54. The van der Waals surface area contributed by atoms with Crippen molar-refractivity contribution >= 4 is 53.4 Å². The first-order valence-corrected chi connectivity index (χ1v) is 15.1. The summed E-state index contributed by atoms with van der Waals surface area (Å²) in [7, 11) is 1.59. The Morgan fingerprint density at radius 1 is 1.00 bits per heavy atom. The van der Waals surface area contributed by atoms with Crippen LogP contribution >= 0.6 is 35.6 Å². The number of aliphatic carboxylic acids is 1. The van der Waals surface area contributed by atoms with Crippen molar-refractivity contribution in [3.05, 3.63) is 57.1 Å². The summed E-state index contributed by atoms with van der Waals surface area (Å²) in [6.07, 6.45) is 5.54. The van der Waals surface area contributed by atoms with Gasteiger partial charge in [0.05, 0.1) is 29.6 Å². The first kappa shape index (κ1) is 32.4. The fourth-order valence-corrected chi connectivity index (χ4v) is 6.94. The monoisotopic (exact) mass is 638 g/mol. The van der Waals surface area contributed by atoms with Crippen molar-refractivity contribution in [3.8, 4) is 11.5 Å². The van der Waals surface area contributed by atoms with Gasteiger partial charge >= 0.3 is 5.97 Å². The molecule has 1 N–H and O–H groups in total. The van der Waals surface area contributed by atoms with E-state index in [1.54, 1.807) is 7.11 Å². The van der Waals surface area contributed by atoms with Crippen molar-refractivity contribution < 1.29 is 29.0 Å². The molecule has 2 aromatic rings. The van der Waals surface area contributed by atoms with Gasteiger partial charge in [-0.25, -0.2) is 0 Å². The summed E-state index contributed by atoms with van der Waals surface area (Å²) in [5.41, 5.74) is 3.38. The van der Waals surface area contributed by atoms with Gasteiger partial charge in [0.1, 0.15) is 6.61 Å². The number of methoxy groups -OCH3 is 1. The minimum atomic E-state index is -0.690. The highest BCUT2D eigenvalue weighted by Gasteiger charge is 2.34. The van der Waals surface area contributed by atoms with Crippen LogP contribution in [-0.4, -0.2) is 59.5 Å². The molecule has 11 heteroatoms. The van der Waals surface area contributed by atoms with Crippen molar-refractivity contribution in [2.45, 2.75) is 64.0 Å². The zero-order valence-corrected chi connectivity index (χ0v) is 26.0. The third-order valence-corrected chi connectivity index (χ3v) is 9.57. The normalized spacial score (nSPS) is 21.8. The summed E-state index contributed by atoms with van der Waals surface area (Å²) in [6, 6.07) is 9.99. The molecule has 42 heavy (non-hydrogen) atoms. The van der Waals surface area contributed by atoms with E-state index in [0.717, 1.165) is 43.4 Å². The fraction of sp³-hybridized carbons (Fsp3) is 0.516. The van der Waals surface area contributed by atoms with Gasteiger partial charge in [-0.15, -0.1) is 12.4 Å². The highest BCUT2D eigenvalue weighted by Crippen LogP contribution is 2.43. The van der Waals surface area contributed by atoms with E-state index < -0.39 is 5.97 Å². The molecule has 1 heterocycles. The molecular formula is C31H37Cl3N2O6. The lowest BCUT2D eigenvalue weighted by Crippen LogP contribution is -2.34. The smallest absolute Gasteiger partial charge is 0.306 e. The number of carbonyl (C=O) groups is 3. The van der Waals surface area contributed by atoms with Gasteiger partial charge in [-0.2, -0.15) is 0 Å². The quantitative estimate of drug-likeness (QED) is 0.287. The number of rotatable bonds is 11. The standard InChI is InChI=1S/C31H36Cl2N2O6.ClH/c1-40-27-16-20(4-11-26(27)41-15-14-35-28(36)12-13-29(35)37)18-34(17-19-2-5-21(6-3-19)31(38)39)25-10-8-23-22(25)7-9-24(32)30(23)33;/h4,7,9,11,16,19,21,25H,2-3,5-6,8,10,12-15,17-18H2,1H3,(H,38,39);1H/t19-,21-,25-;/m0./s1. The summed E-state index contributed by atoms with van der Waals surface area (Å²) in [5.74, 6) is 0.310. The van der Waals surface area contributed by atoms with Gasteiger partial charge in [0.2, 0.25) is 11.8 Å². The van der Waals surface area contributed by atoms with Gasteiger partial charge in [-0.05, 0) is 79.3 Å². The average molecular weight is 640 g/mol. The van der Waals surface area contributed by atoms with Crippen LogP contribution in [-0.2, 0) is 27.3 Å².